The van der Waals surface area contributed by atoms with Crippen LogP contribution in [0.25, 0.3) is 0 Å². The molecule has 0 aliphatic heterocycles. The maximum atomic E-state index is 9.10. The zero-order chi connectivity index (χ0) is 12.1. The van der Waals surface area contributed by atoms with Crippen LogP contribution in [-0.2, 0) is 0 Å². The first-order valence-electron chi connectivity index (χ1n) is 6.09. The number of aromatic nitrogens is 1. The van der Waals surface area contributed by atoms with Crippen molar-refractivity contribution < 1.29 is 0 Å². The molecule has 0 bridgehead atoms. The summed E-state index contributed by atoms with van der Waals surface area (Å²) in [6.07, 6.45) is 8.43. The first-order valence-corrected chi connectivity index (χ1v) is 7.17. The van der Waals surface area contributed by atoms with Crippen LogP contribution in [0.2, 0.25) is 0 Å². The van der Waals surface area contributed by atoms with E-state index in [1.807, 2.05) is 6.07 Å². The topological polar surface area (TPSA) is 48.7 Å². The Hall–Kier alpha value is -0.830. The molecule has 1 N–H and O–H groups in total. The predicted octanol–water partition coefficient (Wildman–Crippen LogP) is 3.55. The number of hydrogen-bond donors (Lipinski definition) is 1. The molecule has 1 aliphatic rings. The number of nitriles is 1. The zero-order valence-corrected chi connectivity index (χ0v) is 11.9. The Labute approximate surface area is 116 Å². The first-order chi connectivity index (χ1) is 8.31. The van der Waals surface area contributed by atoms with Crippen molar-refractivity contribution in [1.82, 2.24) is 4.98 Å². The van der Waals surface area contributed by atoms with Gasteiger partial charge in [-0.15, -0.1) is 0 Å². The van der Waals surface area contributed by atoms with E-state index in [1.165, 1.54) is 32.1 Å². The van der Waals surface area contributed by atoms with Crippen molar-refractivity contribution in [2.24, 2.45) is 5.92 Å². The maximum absolute atomic E-state index is 9.10. The SMILES string of the molecule is N#Cc1c(I)ccnc1NCC1CCCCC1. The molecule has 2 rings (SSSR count). The first kappa shape index (κ1) is 12.6. The second kappa shape index (κ2) is 6.20. The number of nitrogens with zero attached hydrogens (tertiary/aromatic N) is 2. The van der Waals surface area contributed by atoms with E-state index in [0.717, 1.165) is 21.9 Å². The van der Waals surface area contributed by atoms with Gasteiger partial charge >= 0.3 is 0 Å². The fourth-order valence-corrected chi connectivity index (χ4v) is 2.85. The lowest BCUT2D eigenvalue weighted by atomic mass is 9.89. The highest BCUT2D eigenvalue weighted by Gasteiger charge is 2.14. The highest BCUT2D eigenvalue weighted by Crippen LogP contribution is 2.24. The number of anilines is 1. The average Bonchev–Trinajstić information content (AvgIpc) is 2.37. The molecule has 1 aromatic heterocycles. The summed E-state index contributed by atoms with van der Waals surface area (Å²) in [6, 6.07) is 4.09. The van der Waals surface area contributed by atoms with Crippen LogP contribution in [0.4, 0.5) is 5.82 Å². The summed E-state index contributed by atoms with van der Waals surface area (Å²) in [5.74, 6) is 1.49. The molecule has 1 saturated carbocycles. The van der Waals surface area contributed by atoms with Crippen molar-refractivity contribution in [1.29, 1.82) is 5.26 Å². The Morgan fingerprint density at radius 2 is 2.18 bits per heavy atom. The van der Waals surface area contributed by atoms with Gasteiger partial charge in [0, 0.05) is 16.3 Å². The standard InChI is InChI=1S/C13H16IN3/c14-12-6-7-16-13(11(12)8-15)17-9-10-4-2-1-3-5-10/h6-7,10H,1-5,9H2,(H,16,17). The normalized spacial score (nSPS) is 16.5. The molecule has 1 fully saturated rings. The van der Waals surface area contributed by atoms with Crippen molar-refractivity contribution in [3.8, 4) is 6.07 Å². The van der Waals surface area contributed by atoms with Crippen molar-refractivity contribution in [3.63, 3.8) is 0 Å². The lowest BCUT2D eigenvalue weighted by molar-refractivity contribution is 0.373. The second-order valence-electron chi connectivity index (χ2n) is 4.51. The van der Waals surface area contributed by atoms with Crippen LogP contribution in [0.15, 0.2) is 12.3 Å². The van der Waals surface area contributed by atoms with Crippen LogP contribution in [0, 0.1) is 20.8 Å². The van der Waals surface area contributed by atoms with Gasteiger partial charge in [0.15, 0.2) is 0 Å². The largest absolute Gasteiger partial charge is 0.369 e. The Bertz CT molecular complexity index is 419. The number of halogens is 1. The van der Waals surface area contributed by atoms with Crippen molar-refractivity contribution >= 4 is 28.4 Å². The van der Waals surface area contributed by atoms with Gasteiger partial charge in [0.25, 0.3) is 0 Å². The monoisotopic (exact) mass is 341 g/mol. The summed E-state index contributed by atoms with van der Waals surface area (Å²) in [4.78, 5) is 4.26. The van der Waals surface area contributed by atoms with Crippen molar-refractivity contribution in [2.45, 2.75) is 32.1 Å². The van der Waals surface area contributed by atoms with Gasteiger partial charge in [0.1, 0.15) is 17.5 Å². The summed E-state index contributed by atoms with van der Waals surface area (Å²) in [5.41, 5.74) is 0.670. The van der Waals surface area contributed by atoms with Gasteiger partial charge in [-0.05, 0) is 47.4 Å². The third-order valence-electron chi connectivity index (χ3n) is 3.29. The summed E-state index contributed by atoms with van der Waals surface area (Å²) in [7, 11) is 0. The minimum atomic E-state index is 0.670. The maximum Gasteiger partial charge on any atom is 0.144 e. The van der Waals surface area contributed by atoms with Gasteiger partial charge in [0.2, 0.25) is 0 Å². The predicted molar refractivity (Wildman–Crippen MR) is 76.7 cm³/mol. The van der Waals surface area contributed by atoms with Gasteiger partial charge in [-0.1, -0.05) is 19.3 Å². The lowest BCUT2D eigenvalue weighted by Gasteiger charge is -2.22. The number of nitrogens with one attached hydrogen (secondary N) is 1. The zero-order valence-electron chi connectivity index (χ0n) is 9.75. The molecule has 90 valence electrons. The highest BCUT2D eigenvalue weighted by atomic mass is 127. The summed E-state index contributed by atoms with van der Waals surface area (Å²) in [5, 5.41) is 12.4. The Morgan fingerprint density at radius 1 is 1.41 bits per heavy atom. The van der Waals surface area contributed by atoms with Crippen LogP contribution >= 0.6 is 22.6 Å². The van der Waals surface area contributed by atoms with E-state index in [1.54, 1.807) is 6.20 Å². The molecule has 1 aliphatic carbocycles. The van der Waals surface area contributed by atoms with Crippen molar-refractivity contribution in [2.75, 3.05) is 11.9 Å². The van der Waals surface area contributed by atoms with Gasteiger partial charge in [0.05, 0.1) is 0 Å². The van der Waals surface area contributed by atoms with Gasteiger partial charge < -0.3 is 5.32 Å². The Morgan fingerprint density at radius 3 is 2.88 bits per heavy atom. The molecule has 0 aromatic carbocycles. The summed E-state index contributed by atoms with van der Waals surface area (Å²) >= 11 is 2.18. The Kier molecular flexibility index (Phi) is 4.60. The third-order valence-corrected chi connectivity index (χ3v) is 4.19. The van der Waals surface area contributed by atoms with Gasteiger partial charge in [-0.25, -0.2) is 4.98 Å². The quantitative estimate of drug-likeness (QED) is 0.856. The van der Waals surface area contributed by atoms with E-state index in [0.29, 0.717) is 5.56 Å². The van der Waals surface area contributed by atoms with Crippen LogP contribution in [0.1, 0.15) is 37.7 Å². The number of hydrogen-bond acceptors (Lipinski definition) is 3. The number of pyridine rings is 1. The molecule has 0 saturated heterocycles. The lowest BCUT2D eigenvalue weighted by Crippen LogP contribution is -2.18. The molecule has 1 heterocycles. The van der Waals surface area contributed by atoms with E-state index in [2.05, 4.69) is 39.0 Å². The minimum Gasteiger partial charge on any atom is -0.369 e. The van der Waals surface area contributed by atoms with E-state index >= 15 is 0 Å². The van der Waals surface area contributed by atoms with Crippen LogP contribution < -0.4 is 5.32 Å². The smallest absolute Gasteiger partial charge is 0.144 e. The molecule has 0 spiro atoms. The second-order valence-corrected chi connectivity index (χ2v) is 5.68. The minimum absolute atomic E-state index is 0.670. The van der Waals surface area contributed by atoms with Gasteiger partial charge in [-0.2, -0.15) is 5.26 Å². The summed E-state index contributed by atoms with van der Waals surface area (Å²) in [6.45, 7) is 0.946. The molecular weight excluding hydrogens is 325 g/mol. The summed E-state index contributed by atoms with van der Waals surface area (Å²) < 4.78 is 0.964. The van der Waals surface area contributed by atoms with Crippen molar-refractivity contribution in [3.05, 3.63) is 21.4 Å². The fourth-order valence-electron chi connectivity index (χ4n) is 2.31. The van der Waals surface area contributed by atoms with E-state index in [4.69, 9.17) is 5.26 Å². The molecule has 3 nitrogen and oxygen atoms in total. The fraction of sp³-hybridized carbons (Fsp3) is 0.538. The molecule has 4 heteroatoms. The molecule has 0 atom stereocenters. The highest BCUT2D eigenvalue weighted by molar-refractivity contribution is 14.1. The van der Waals surface area contributed by atoms with Crippen LogP contribution in [0.5, 0.6) is 0 Å². The van der Waals surface area contributed by atoms with Crippen LogP contribution in [0.3, 0.4) is 0 Å². The molecule has 0 amide bonds. The van der Waals surface area contributed by atoms with E-state index in [-0.39, 0.29) is 0 Å². The molecule has 17 heavy (non-hydrogen) atoms. The third kappa shape index (κ3) is 3.32. The molecular formula is C13H16IN3. The van der Waals surface area contributed by atoms with E-state index < -0.39 is 0 Å². The average molecular weight is 341 g/mol. The molecule has 1 aromatic rings. The number of rotatable bonds is 3. The van der Waals surface area contributed by atoms with Gasteiger partial charge in [-0.3, -0.25) is 0 Å². The molecule has 0 unspecified atom stereocenters. The Balaban J connectivity index is 1.99. The molecule has 0 radical (unpaired) electrons. The van der Waals surface area contributed by atoms with Crippen LogP contribution in [-0.4, -0.2) is 11.5 Å². The van der Waals surface area contributed by atoms with E-state index in [9.17, 15) is 0 Å².